The highest BCUT2D eigenvalue weighted by molar-refractivity contribution is 6.01. The number of hydrogen-bond acceptors (Lipinski definition) is 6. The lowest BCUT2D eigenvalue weighted by atomic mass is 10.1. The number of piperidine rings is 1. The van der Waals surface area contributed by atoms with Crippen LogP contribution in [0.15, 0.2) is 48.7 Å². The Hall–Kier alpha value is -3.03. The molecule has 3 N–H and O–H groups in total. The molecule has 1 aliphatic carbocycles. The van der Waals surface area contributed by atoms with Gasteiger partial charge in [-0.15, -0.1) is 12.4 Å². The number of methoxy groups -OCH3 is 1. The van der Waals surface area contributed by atoms with Crippen molar-refractivity contribution in [3.8, 4) is 11.5 Å². The monoisotopic (exact) mass is 468 g/mol. The predicted octanol–water partition coefficient (Wildman–Crippen LogP) is 4.89. The van der Waals surface area contributed by atoms with Gasteiger partial charge in [-0.05, 0) is 81.2 Å². The van der Waals surface area contributed by atoms with Gasteiger partial charge in [-0.1, -0.05) is 0 Å². The molecule has 3 aromatic rings. The van der Waals surface area contributed by atoms with Crippen molar-refractivity contribution >= 4 is 46.3 Å². The summed E-state index contributed by atoms with van der Waals surface area (Å²) in [7, 11) is 1.66. The minimum Gasteiger partial charge on any atom is -0.497 e. The van der Waals surface area contributed by atoms with Crippen LogP contribution in [0, 0.1) is 5.92 Å². The third kappa shape index (κ3) is 5.49. The molecular weight excluding hydrogens is 440 g/mol. The number of hydrogen-bond donors (Lipinski definition) is 3. The lowest BCUT2D eigenvalue weighted by Gasteiger charge is -2.26. The van der Waals surface area contributed by atoms with Gasteiger partial charge >= 0.3 is 0 Å². The van der Waals surface area contributed by atoms with Gasteiger partial charge in [0.25, 0.3) is 0 Å². The van der Waals surface area contributed by atoms with Crippen LogP contribution in [0.2, 0.25) is 0 Å². The molecule has 0 unspecified atom stereocenters. The van der Waals surface area contributed by atoms with Gasteiger partial charge in [-0.3, -0.25) is 4.79 Å². The highest BCUT2D eigenvalue weighted by atomic mass is 35.5. The van der Waals surface area contributed by atoms with E-state index >= 15 is 0 Å². The molecule has 0 radical (unpaired) electrons. The Morgan fingerprint density at radius 2 is 1.82 bits per heavy atom. The van der Waals surface area contributed by atoms with Crippen molar-refractivity contribution < 1.29 is 14.3 Å². The number of amides is 1. The second kappa shape index (κ2) is 10.3. The van der Waals surface area contributed by atoms with Crippen molar-refractivity contribution in [3.05, 3.63) is 48.7 Å². The van der Waals surface area contributed by atoms with Gasteiger partial charge in [-0.2, -0.15) is 0 Å². The molecule has 8 heteroatoms. The summed E-state index contributed by atoms with van der Waals surface area (Å²) in [6, 6.07) is 13.7. The summed E-state index contributed by atoms with van der Waals surface area (Å²) >= 11 is 0. The summed E-state index contributed by atoms with van der Waals surface area (Å²) in [5.41, 5.74) is 1.80. The van der Waals surface area contributed by atoms with E-state index in [9.17, 15) is 4.79 Å². The Balaban J connectivity index is 0.00000259. The SMILES string of the molecule is COc1ccc(Nc2c(OC3CCNCC3)ccc3cnc(NC(=O)C4CC4)cc23)cc1.Cl. The molecule has 1 amide bonds. The van der Waals surface area contributed by atoms with Gasteiger partial charge in [0.1, 0.15) is 23.4 Å². The fourth-order valence-corrected chi connectivity index (χ4v) is 3.98. The standard InChI is InChI=1S/C25H28N4O3.ClH/c1-31-19-7-5-18(6-8-19)28-24-21-14-23(29-25(30)16-2-3-16)27-15-17(21)4-9-22(24)32-20-10-12-26-13-11-20;/h4-9,14-16,20,26,28H,2-3,10-13H2,1H3,(H,27,29,30);1H. The number of nitrogens with one attached hydrogen (secondary N) is 3. The van der Waals surface area contributed by atoms with E-state index in [1.807, 2.05) is 42.5 Å². The maximum atomic E-state index is 12.3. The minimum absolute atomic E-state index is 0. The van der Waals surface area contributed by atoms with Crippen LogP contribution in [0.4, 0.5) is 17.2 Å². The third-order valence-electron chi connectivity index (χ3n) is 6.00. The van der Waals surface area contributed by atoms with Crippen molar-refractivity contribution in [1.82, 2.24) is 10.3 Å². The Labute approximate surface area is 199 Å². The number of fused-ring (bicyclic) bond motifs is 1. The van der Waals surface area contributed by atoms with Crippen LogP contribution in [0.3, 0.4) is 0 Å². The molecule has 0 atom stereocenters. The first-order chi connectivity index (χ1) is 15.7. The largest absolute Gasteiger partial charge is 0.497 e. The number of halogens is 1. The van der Waals surface area contributed by atoms with Crippen molar-refractivity contribution in [2.75, 3.05) is 30.8 Å². The first-order valence-electron chi connectivity index (χ1n) is 11.2. The summed E-state index contributed by atoms with van der Waals surface area (Å²) < 4.78 is 11.7. The normalized spacial score (nSPS) is 16.0. The van der Waals surface area contributed by atoms with Crippen molar-refractivity contribution in [3.63, 3.8) is 0 Å². The first kappa shape index (κ1) is 23.1. The first-order valence-corrected chi connectivity index (χ1v) is 11.2. The highest BCUT2D eigenvalue weighted by Crippen LogP contribution is 2.38. The molecule has 1 saturated carbocycles. The van der Waals surface area contributed by atoms with Crippen molar-refractivity contribution in [2.45, 2.75) is 31.8 Å². The van der Waals surface area contributed by atoms with E-state index in [0.29, 0.717) is 5.82 Å². The van der Waals surface area contributed by atoms with Crippen LogP contribution in [-0.2, 0) is 4.79 Å². The molecule has 1 aliphatic heterocycles. The predicted molar refractivity (Wildman–Crippen MR) is 133 cm³/mol. The number of nitrogens with zero attached hydrogens (tertiary/aromatic N) is 1. The van der Waals surface area contributed by atoms with E-state index in [4.69, 9.17) is 9.47 Å². The quantitative estimate of drug-likeness (QED) is 0.458. The molecule has 2 aromatic carbocycles. The van der Waals surface area contributed by atoms with Crippen LogP contribution < -0.4 is 25.4 Å². The van der Waals surface area contributed by atoms with Gasteiger partial charge in [-0.25, -0.2) is 4.98 Å². The summed E-state index contributed by atoms with van der Waals surface area (Å²) in [5.74, 6) is 2.33. The zero-order chi connectivity index (χ0) is 21.9. The zero-order valence-electron chi connectivity index (χ0n) is 18.6. The summed E-state index contributed by atoms with van der Waals surface area (Å²) in [5, 5.41) is 11.8. The van der Waals surface area contributed by atoms with Crippen LogP contribution in [0.25, 0.3) is 10.8 Å². The van der Waals surface area contributed by atoms with E-state index in [1.165, 1.54) is 0 Å². The zero-order valence-corrected chi connectivity index (χ0v) is 19.4. The number of pyridine rings is 1. The molecule has 174 valence electrons. The Bertz CT molecular complexity index is 1110. The van der Waals surface area contributed by atoms with Crippen molar-refractivity contribution in [2.24, 2.45) is 5.92 Å². The Morgan fingerprint density at radius 3 is 2.52 bits per heavy atom. The molecule has 2 heterocycles. The van der Waals surface area contributed by atoms with E-state index in [-0.39, 0.29) is 30.3 Å². The number of benzene rings is 2. The number of aromatic nitrogens is 1. The average molecular weight is 469 g/mol. The van der Waals surface area contributed by atoms with Crippen LogP contribution >= 0.6 is 12.4 Å². The van der Waals surface area contributed by atoms with Gasteiger partial charge < -0.3 is 25.4 Å². The second-order valence-corrected chi connectivity index (χ2v) is 8.41. The molecule has 0 bridgehead atoms. The molecule has 33 heavy (non-hydrogen) atoms. The van der Waals surface area contributed by atoms with E-state index in [1.54, 1.807) is 13.3 Å². The lowest BCUT2D eigenvalue weighted by molar-refractivity contribution is -0.117. The summed E-state index contributed by atoms with van der Waals surface area (Å²) in [6.07, 6.45) is 5.82. The Morgan fingerprint density at radius 1 is 1.06 bits per heavy atom. The summed E-state index contributed by atoms with van der Waals surface area (Å²) in [4.78, 5) is 16.7. The fraction of sp³-hybridized carbons (Fsp3) is 0.360. The molecule has 7 nitrogen and oxygen atoms in total. The van der Waals surface area contributed by atoms with E-state index in [2.05, 4.69) is 20.9 Å². The van der Waals surface area contributed by atoms with Gasteiger partial charge in [0, 0.05) is 28.6 Å². The van der Waals surface area contributed by atoms with Crippen LogP contribution in [-0.4, -0.2) is 37.2 Å². The molecule has 0 spiro atoms. The van der Waals surface area contributed by atoms with Crippen LogP contribution in [0.1, 0.15) is 25.7 Å². The molecule has 1 saturated heterocycles. The fourth-order valence-electron chi connectivity index (χ4n) is 3.98. The number of ether oxygens (including phenoxy) is 2. The van der Waals surface area contributed by atoms with E-state index in [0.717, 1.165) is 72.4 Å². The van der Waals surface area contributed by atoms with Gasteiger partial charge in [0.05, 0.1) is 12.8 Å². The maximum Gasteiger partial charge on any atom is 0.228 e. The van der Waals surface area contributed by atoms with Crippen LogP contribution in [0.5, 0.6) is 11.5 Å². The molecule has 2 fully saturated rings. The number of carbonyl (C=O) groups excluding carboxylic acids is 1. The minimum atomic E-state index is 0. The topological polar surface area (TPSA) is 84.5 Å². The lowest BCUT2D eigenvalue weighted by Crippen LogP contribution is -2.34. The third-order valence-corrected chi connectivity index (χ3v) is 6.00. The van der Waals surface area contributed by atoms with Gasteiger partial charge in [0.2, 0.25) is 5.91 Å². The number of rotatable bonds is 7. The van der Waals surface area contributed by atoms with Gasteiger partial charge in [0.15, 0.2) is 0 Å². The highest BCUT2D eigenvalue weighted by Gasteiger charge is 2.30. The smallest absolute Gasteiger partial charge is 0.228 e. The number of anilines is 3. The maximum absolute atomic E-state index is 12.3. The molecular formula is C25H29ClN4O3. The number of carbonyl (C=O) groups is 1. The molecule has 5 rings (SSSR count). The average Bonchev–Trinajstić information content (AvgIpc) is 3.67. The molecule has 2 aliphatic rings. The second-order valence-electron chi connectivity index (χ2n) is 8.41. The Kier molecular flexibility index (Phi) is 7.20. The van der Waals surface area contributed by atoms with E-state index < -0.39 is 0 Å². The summed E-state index contributed by atoms with van der Waals surface area (Å²) in [6.45, 7) is 1.92. The molecule has 1 aromatic heterocycles. The van der Waals surface area contributed by atoms with Crippen molar-refractivity contribution in [1.29, 1.82) is 0 Å².